The molecule has 768 valence electrons. The van der Waals surface area contributed by atoms with E-state index in [1.54, 1.807) is 0 Å². The first kappa shape index (κ1) is 101. The molecule has 6 heterocycles. The largest absolute Gasteiger partial charge is 0.507 e. The Balaban J connectivity index is 0.818. The number of nitrogens with zero attached hydrogens (tertiary/aromatic N) is 16. The van der Waals surface area contributed by atoms with Crippen LogP contribution < -0.4 is 0 Å². The Kier molecular flexibility index (Phi) is 29.2. The van der Waals surface area contributed by atoms with Crippen LogP contribution in [-0.2, 0) is 21.7 Å². The molecule has 22 rings (SSSR count). The summed E-state index contributed by atoms with van der Waals surface area (Å²) < 4.78 is 0. The van der Waals surface area contributed by atoms with Gasteiger partial charge >= 0.3 is 0 Å². The van der Waals surface area contributed by atoms with E-state index in [-0.39, 0.29) is 143 Å². The predicted octanol–water partition coefficient (Wildman–Crippen LogP) is 23.0. The van der Waals surface area contributed by atoms with Crippen LogP contribution in [0.15, 0.2) is 177 Å². The summed E-state index contributed by atoms with van der Waals surface area (Å²) in [4.78, 5) is 87.7. The van der Waals surface area contributed by atoms with Crippen LogP contribution in [0.4, 0.5) is 0 Å². The quantitative estimate of drug-likeness (QED) is 0.0719. The van der Waals surface area contributed by atoms with Crippen molar-refractivity contribution >= 4 is 99.4 Å². The molecule has 8 aromatic rings. The molecule has 8 fully saturated rings. The van der Waals surface area contributed by atoms with Gasteiger partial charge in [-0.05, 0) is 244 Å². The fourth-order valence-corrected chi connectivity index (χ4v) is 24.9. The lowest BCUT2D eigenvalue weighted by Gasteiger charge is -2.30. The first-order valence-corrected chi connectivity index (χ1v) is 55.1. The van der Waals surface area contributed by atoms with E-state index in [0.29, 0.717) is 89.0 Å². The molecule has 14 aliphatic rings. The topological polar surface area (TPSA) is 360 Å². The van der Waals surface area contributed by atoms with Crippen LogP contribution in [0.25, 0.3) is 0 Å². The first-order chi connectivity index (χ1) is 71.6. The van der Waals surface area contributed by atoms with Gasteiger partial charge in [0.15, 0.2) is 0 Å². The Bertz CT molecular complexity index is 5770. The molecule has 8 aromatic carbocycles. The molecule has 8 saturated carbocycles. The monoisotopic (exact) mass is 1990 g/mol. The number of hydrogen-bond donors (Lipinski definition) is 8. The van der Waals surface area contributed by atoms with Crippen molar-refractivity contribution in [3.8, 4) is 46.0 Å². The van der Waals surface area contributed by atoms with Gasteiger partial charge in [0.2, 0.25) is 0 Å². The third kappa shape index (κ3) is 21.1. The zero-order chi connectivity index (χ0) is 102. The summed E-state index contributed by atoms with van der Waals surface area (Å²) in [7, 11) is 0. The van der Waals surface area contributed by atoms with Crippen LogP contribution in [-0.4, -0.2) is 237 Å². The highest BCUT2D eigenvalue weighted by molar-refractivity contribution is 6.01. The molecule has 0 spiro atoms. The predicted molar refractivity (Wildman–Crippen MR) is 603 cm³/mol. The van der Waals surface area contributed by atoms with E-state index in [1.165, 1.54) is 0 Å². The second-order valence-electron chi connectivity index (χ2n) is 46.3. The minimum atomic E-state index is -0.896. The van der Waals surface area contributed by atoms with Crippen molar-refractivity contribution in [3.05, 3.63) is 231 Å². The van der Waals surface area contributed by atoms with Gasteiger partial charge in [0, 0.05) is 210 Å². The van der Waals surface area contributed by atoms with Crippen molar-refractivity contribution in [3.63, 3.8) is 0 Å². The highest BCUT2D eigenvalue weighted by atomic mass is 16.3. The maximum atomic E-state index is 13.1. The van der Waals surface area contributed by atoms with Crippen LogP contribution in [0, 0.1) is 0 Å². The summed E-state index contributed by atoms with van der Waals surface area (Å²) in [6.45, 7) is 17.4. The summed E-state index contributed by atoms with van der Waals surface area (Å²) in [5.41, 5.74) is 11.3. The number of aromatic hydroxyl groups is 8. The van der Waals surface area contributed by atoms with Gasteiger partial charge in [-0.2, -0.15) is 0 Å². The summed E-state index contributed by atoms with van der Waals surface area (Å²) in [6, 6.07) is 27.3. The van der Waals surface area contributed by atoms with E-state index in [9.17, 15) is 40.9 Å². The fraction of sp³-hybridized carbons (Fsp3) is 0.484. The second-order valence-corrected chi connectivity index (χ2v) is 46.3. The summed E-state index contributed by atoms with van der Waals surface area (Å²) in [5.74, 6) is 0.104. The minimum absolute atomic E-state index is 0.0104. The van der Waals surface area contributed by atoms with Crippen LogP contribution in [0.5, 0.6) is 46.0 Å². The molecule has 8 aliphatic carbocycles. The zero-order valence-electron chi connectivity index (χ0n) is 87.1. The van der Waals surface area contributed by atoms with E-state index in [0.717, 1.165) is 250 Å². The summed E-state index contributed by atoms with van der Waals surface area (Å²) in [6.07, 6.45) is 55.0. The number of rotatable bonds is 0. The lowest BCUT2D eigenvalue weighted by molar-refractivity contribution is 0.389. The number of aliphatic imine (C=N–C) groups is 16. The van der Waals surface area contributed by atoms with Crippen LogP contribution in [0.1, 0.15) is 394 Å². The third-order valence-corrected chi connectivity index (χ3v) is 35.2. The lowest BCUT2D eigenvalue weighted by Crippen LogP contribution is -2.28. The van der Waals surface area contributed by atoms with Crippen molar-refractivity contribution in [2.24, 2.45) is 79.9 Å². The van der Waals surface area contributed by atoms with Gasteiger partial charge in [-0.3, -0.25) is 79.9 Å². The van der Waals surface area contributed by atoms with Crippen LogP contribution >= 0.6 is 0 Å². The lowest BCUT2D eigenvalue weighted by atomic mass is 9.76. The Labute approximate surface area is 870 Å². The molecule has 0 unspecified atom stereocenters. The Morgan fingerprint density at radius 1 is 0.135 bits per heavy atom. The SMILES string of the molecule is CC1(C)c2cc3c(O)c(c2)C=N[C@@H]2CCCC[C@H]2N=Cc2cc4cc(c2O)C=N[C@@H]2CCCC[C@H]2N=Cc2cc1cc(c2O)C=N[C@@H]1CCCC[C@H]1N=Cc1cc(cc(c1O)C=N[C@@H]1CCCC[C@H]1N=C3)C(C)(C)c1cc2c(O)c(c1)C=N[C@@H]1CCCC[C@H]1N=Cc1cc3cc(c1O)C=N[C@@H]1CCCC[C@H]1N=Cc1cc(cc(c1O)C=N[C@@H]1CCCC[C@H]1N=Cc1cc(cc(c1O)C=N[C@@H]1CCCC[C@H]1N=C2)C3(C)C)C4(C)C. The molecule has 16 atom stereocenters. The van der Waals surface area contributed by atoms with Gasteiger partial charge < -0.3 is 40.9 Å². The van der Waals surface area contributed by atoms with Crippen molar-refractivity contribution in [1.29, 1.82) is 0 Å². The van der Waals surface area contributed by atoms with Crippen molar-refractivity contribution in [2.45, 2.75) is 379 Å². The molecule has 24 bridgehead atoms. The molecule has 148 heavy (non-hydrogen) atoms. The van der Waals surface area contributed by atoms with Crippen molar-refractivity contribution in [2.75, 3.05) is 0 Å². The van der Waals surface area contributed by atoms with Gasteiger partial charge in [-0.25, -0.2) is 0 Å². The number of phenolic OH excluding ortho intramolecular Hbond substituents is 8. The molecule has 0 amide bonds. The minimum Gasteiger partial charge on any atom is -0.507 e. The number of benzene rings is 8. The molecule has 6 aliphatic heterocycles. The maximum Gasteiger partial charge on any atom is 0.133 e. The molecule has 0 saturated heterocycles. The molecular weight excluding hydrogens is 1840 g/mol. The standard InChI is InChI=1S/C124H144N16O8/c1-121(2)89-41-73-57-125-97-25-9-17-33-105(97)133-65-81-49-93-50-82(117(81)145)66-134-106-34-18-10-26-98(106)126-58-74-42-90(121)44-76(114(74)142)60-128-100-28-12-20-36-108(100)136-68-84-52-94(51-83(118(84)146)67-135-107-35-19-11-27-99(107)127-59-75(43-89)113(73)141)124(7,8)96-55-87-71-139-111-39-23-15-31-103(111)131-63-79-47-91-45-77(115(79)143)61-129-101-29-13-21-37-109(101)137-69-85-53-95(123(93,5)6)54-86(119(85)147)70-138-110-38-22-14-30-102(110)130-62-78-46-92(122(91,3)4)48-80(116(78)144)64-132-104-32-16-24-40-112(104)140-72-88(56-96)120(87)148/h41-72,97-112,141-148H,9-40H2,1-8H3/t97-,98-,99-,100-,101-,102-,103-,104-,105-,106-,107-,108-,109-,110-,111-,112-/m1/s1. The fourth-order valence-electron chi connectivity index (χ4n) is 24.9. The van der Waals surface area contributed by atoms with E-state index in [2.05, 4.69) is 55.4 Å². The van der Waals surface area contributed by atoms with Crippen LogP contribution in [0.3, 0.4) is 0 Å². The molecular formula is C124H144N16O8. The molecule has 24 nitrogen and oxygen atoms in total. The summed E-state index contributed by atoms with van der Waals surface area (Å²) >= 11 is 0. The molecule has 8 N–H and O–H groups in total. The smallest absolute Gasteiger partial charge is 0.133 e. The van der Waals surface area contributed by atoms with Crippen LogP contribution in [0.2, 0.25) is 0 Å². The second kappa shape index (κ2) is 42.8. The zero-order valence-corrected chi connectivity index (χ0v) is 87.1. The first-order valence-electron chi connectivity index (χ1n) is 55.1. The van der Waals surface area contributed by atoms with Crippen molar-refractivity contribution in [1.82, 2.24) is 0 Å². The molecule has 24 heteroatoms. The Hall–Kier alpha value is -13.1. The van der Waals surface area contributed by atoms with Gasteiger partial charge in [0.1, 0.15) is 46.0 Å². The van der Waals surface area contributed by atoms with E-state index in [4.69, 9.17) is 79.9 Å². The van der Waals surface area contributed by atoms with Crippen molar-refractivity contribution < 1.29 is 40.9 Å². The van der Waals surface area contributed by atoms with E-state index in [1.807, 2.05) is 196 Å². The highest BCUT2D eigenvalue weighted by Crippen LogP contribution is 2.48. The maximum absolute atomic E-state index is 13.1. The Morgan fingerprint density at radius 3 is 0.270 bits per heavy atom. The average Bonchev–Trinajstić information content (AvgIpc) is 0.773. The number of hydrogen-bond acceptors (Lipinski definition) is 24. The van der Waals surface area contributed by atoms with Gasteiger partial charge in [0.25, 0.3) is 0 Å². The molecule has 0 aromatic heterocycles. The Morgan fingerprint density at radius 2 is 0.203 bits per heavy atom. The van der Waals surface area contributed by atoms with Gasteiger partial charge in [-0.1, -0.05) is 158 Å². The van der Waals surface area contributed by atoms with Gasteiger partial charge in [-0.15, -0.1) is 0 Å². The van der Waals surface area contributed by atoms with Gasteiger partial charge in [0.05, 0.1) is 96.7 Å². The number of phenols is 8. The third-order valence-electron chi connectivity index (χ3n) is 35.2. The summed E-state index contributed by atoms with van der Waals surface area (Å²) in [5, 5.41) is 105. The molecule has 0 radical (unpaired) electrons. The normalized spacial score (nSPS) is 27.9. The van der Waals surface area contributed by atoms with E-state index >= 15 is 0 Å². The van der Waals surface area contributed by atoms with E-state index < -0.39 is 21.7 Å². The average molecular weight is 1990 g/mol. The highest BCUT2D eigenvalue weighted by Gasteiger charge is 2.39.